The fourth-order valence-corrected chi connectivity index (χ4v) is 4.35. The van der Waals surface area contributed by atoms with Gasteiger partial charge in [-0.3, -0.25) is 0 Å². The number of methoxy groups -OCH3 is 2. The highest BCUT2D eigenvalue weighted by Gasteiger charge is 2.28. The van der Waals surface area contributed by atoms with Crippen molar-refractivity contribution in [3.05, 3.63) is 83.9 Å². The number of aromatic nitrogens is 3. The molecular formula is C25H22N4O3S. The van der Waals surface area contributed by atoms with Crippen molar-refractivity contribution >= 4 is 17.4 Å². The van der Waals surface area contributed by atoms with E-state index in [1.807, 2.05) is 60.7 Å². The minimum absolute atomic E-state index is 0.410. The summed E-state index contributed by atoms with van der Waals surface area (Å²) in [4.78, 5) is 4.72. The first-order valence-electron chi connectivity index (χ1n) is 10.4. The van der Waals surface area contributed by atoms with E-state index in [4.69, 9.17) is 19.2 Å². The largest absolute Gasteiger partial charge is 0.497 e. The highest BCUT2D eigenvalue weighted by atomic mass is 32.2. The molecule has 0 saturated heterocycles. The highest BCUT2D eigenvalue weighted by Crippen LogP contribution is 2.41. The van der Waals surface area contributed by atoms with E-state index in [9.17, 15) is 0 Å². The van der Waals surface area contributed by atoms with E-state index in [-0.39, 0.29) is 0 Å². The van der Waals surface area contributed by atoms with E-state index in [1.54, 1.807) is 14.2 Å². The molecule has 0 aliphatic carbocycles. The summed E-state index contributed by atoms with van der Waals surface area (Å²) in [7, 11) is 3.26. The van der Waals surface area contributed by atoms with E-state index in [0.717, 1.165) is 22.6 Å². The van der Waals surface area contributed by atoms with Crippen LogP contribution in [0.3, 0.4) is 0 Å². The van der Waals surface area contributed by atoms with Gasteiger partial charge in [-0.05, 0) is 29.8 Å². The minimum Gasteiger partial charge on any atom is -0.497 e. The third-order valence-electron chi connectivity index (χ3n) is 5.26. The van der Waals surface area contributed by atoms with Gasteiger partial charge in [0.15, 0.2) is 5.69 Å². The number of nitrogens with one attached hydrogen (secondary N) is 1. The molecule has 3 aromatic carbocycles. The maximum atomic E-state index is 6.39. The van der Waals surface area contributed by atoms with E-state index in [0.29, 0.717) is 28.2 Å². The Kier molecular flexibility index (Phi) is 5.99. The van der Waals surface area contributed by atoms with Crippen molar-refractivity contribution in [2.24, 2.45) is 0 Å². The van der Waals surface area contributed by atoms with Crippen molar-refractivity contribution in [1.82, 2.24) is 15.2 Å². The third kappa shape index (κ3) is 4.42. The maximum Gasteiger partial charge on any atom is 0.247 e. The summed E-state index contributed by atoms with van der Waals surface area (Å²) in [5, 5.41) is 12.8. The number of ether oxygens (including phenoxy) is 3. The first kappa shape index (κ1) is 21.1. The van der Waals surface area contributed by atoms with Crippen LogP contribution in [0.5, 0.6) is 17.4 Å². The molecule has 4 aromatic rings. The molecule has 1 aliphatic rings. The molecule has 166 valence electrons. The van der Waals surface area contributed by atoms with E-state index in [2.05, 4.69) is 27.6 Å². The Hall–Kier alpha value is -3.78. The van der Waals surface area contributed by atoms with Crippen LogP contribution in [0.4, 0.5) is 5.69 Å². The fraction of sp³-hybridized carbons (Fsp3) is 0.160. The van der Waals surface area contributed by atoms with Crippen LogP contribution >= 0.6 is 11.8 Å². The maximum absolute atomic E-state index is 6.39. The Labute approximate surface area is 196 Å². The van der Waals surface area contributed by atoms with Gasteiger partial charge in [0.05, 0.1) is 19.8 Å². The molecular weight excluding hydrogens is 436 g/mol. The average molecular weight is 459 g/mol. The molecule has 1 atom stereocenters. The van der Waals surface area contributed by atoms with Gasteiger partial charge in [0.2, 0.25) is 17.3 Å². The molecule has 1 aliphatic heterocycles. The molecule has 7 nitrogen and oxygen atoms in total. The van der Waals surface area contributed by atoms with Gasteiger partial charge < -0.3 is 19.5 Å². The number of para-hydroxylation sites is 1. The Morgan fingerprint density at radius 3 is 2.58 bits per heavy atom. The summed E-state index contributed by atoms with van der Waals surface area (Å²) >= 11 is 1.52. The fourth-order valence-electron chi connectivity index (χ4n) is 3.62. The number of hydrogen-bond acceptors (Lipinski definition) is 8. The van der Waals surface area contributed by atoms with Gasteiger partial charge >= 0.3 is 0 Å². The number of hydrogen-bond donors (Lipinski definition) is 1. The number of nitrogens with zero attached hydrogens (tertiary/aromatic N) is 3. The molecule has 0 unspecified atom stereocenters. The standard InChI is InChI=1S/C25H22N4O3S/c1-30-17-12-13-21(31-2)19(14-17)23-26-20-11-7-6-10-18(20)22-24(32-23)27-25(29-28-22)33-15-16-8-4-3-5-9-16/h3-14,23,26H,15H2,1-2H3/t23-/m1/s1. The first-order chi connectivity index (χ1) is 16.2. The summed E-state index contributed by atoms with van der Waals surface area (Å²) < 4.78 is 17.4. The number of fused-ring (bicyclic) bond motifs is 3. The Morgan fingerprint density at radius 1 is 0.939 bits per heavy atom. The number of anilines is 1. The van der Waals surface area contributed by atoms with Crippen LogP contribution < -0.4 is 19.5 Å². The summed E-state index contributed by atoms with van der Waals surface area (Å²) in [5.74, 6) is 2.53. The van der Waals surface area contributed by atoms with Gasteiger partial charge in [-0.2, -0.15) is 4.98 Å². The number of thioether (sulfide) groups is 1. The Morgan fingerprint density at radius 2 is 1.76 bits per heavy atom. The van der Waals surface area contributed by atoms with Crippen molar-refractivity contribution in [2.45, 2.75) is 17.1 Å². The lowest BCUT2D eigenvalue weighted by Crippen LogP contribution is -2.18. The zero-order valence-corrected chi connectivity index (χ0v) is 19.0. The molecule has 1 aromatic heterocycles. The van der Waals surface area contributed by atoms with Crippen LogP contribution in [0.25, 0.3) is 11.3 Å². The molecule has 5 rings (SSSR count). The molecule has 8 heteroatoms. The quantitative estimate of drug-likeness (QED) is 0.387. The lowest BCUT2D eigenvalue weighted by atomic mass is 10.1. The summed E-state index contributed by atoms with van der Waals surface area (Å²) in [5.41, 5.74) is 4.31. The Bertz CT molecular complexity index is 1270. The van der Waals surface area contributed by atoms with Gasteiger partial charge in [-0.15, -0.1) is 10.2 Å². The minimum atomic E-state index is -0.568. The molecule has 1 N–H and O–H groups in total. The summed E-state index contributed by atoms with van der Waals surface area (Å²) in [6, 6.07) is 23.7. The van der Waals surface area contributed by atoms with Crippen LogP contribution in [0.15, 0.2) is 78.0 Å². The predicted octanol–water partition coefficient (Wildman–Crippen LogP) is 5.35. The zero-order valence-electron chi connectivity index (χ0n) is 18.2. The molecule has 0 amide bonds. The second kappa shape index (κ2) is 9.38. The van der Waals surface area contributed by atoms with Crippen LogP contribution in [0.1, 0.15) is 17.4 Å². The molecule has 0 fully saturated rings. The van der Waals surface area contributed by atoms with Crippen LogP contribution in [-0.4, -0.2) is 29.4 Å². The van der Waals surface area contributed by atoms with Crippen molar-refractivity contribution < 1.29 is 14.2 Å². The van der Waals surface area contributed by atoms with Gasteiger partial charge in [-0.25, -0.2) is 0 Å². The van der Waals surface area contributed by atoms with Gasteiger partial charge in [0.1, 0.15) is 11.5 Å². The summed E-state index contributed by atoms with van der Waals surface area (Å²) in [6.07, 6.45) is -0.568. The Balaban J connectivity index is 1.53. The lowest BCUT2D eigenvalue weighted by molar-refractivity contribution is 0.219. The number of benzene rings is 3. The smallest absolute Gasteiger partial charge is 0.247 e. The van der Waals surface area contributed by atoms with Gasteiger partial charge in [0, 0.05) is 17.0 Å². The molecule has 33 heavy (non-hydrogen) atoms. The molecule has 0 radical (unpaired) electrons. The predicted molar refractivity (Wildman–Crippen MR) is 128 cm³/mol. The topological polar surface area (TPSA) is 78.4 Å². The zero-order chi connectivity index (χ0) is 22.6. The second-order valence-corrected chi connectivity index (χ2v) is 8.26. The lowest BCUT2D eigenvalue weighted by Gasteiger charge is -2.21. The average Bonchev–Trinajstić information content (AvgIpc) is 3.04. The summed E-state index contributed by atoms with van der Waals surface area (Å²) in [6.45, 7) is 0. The molecule has 0 spiro atoms. The second-order valence-electron chi connectivity index (χ2n) is 7.32. The van der Waals surface area contributed by atoms with Crippen LogP contribution in [0, 0.1) is 0 Å². The SMILES string of the molecule is COc1ccc(OC)c([C@@H]2Nc3ccccc3-c3nnc(SCc4ccccc4)nc3O2)c1. The normalized spacial score (nSPS) is 14.2. The molecule has 0 saturated carbocycles. The molecule has 0 bridgehead atoms. The van der Waals surface area contributed by atoms with Gasteiger partial charge in [0.25, 0.3) is 0 Å². The highest BCUT2D eigenvalue weighted by molar-refractivity contribution is 7.98. The van der Waals surface area contributed by atoms with Crippen molar-refractivity contribution in [2.75, 3.05) is 19.5 Å². The van der Waals surface area contributed by atoms with E-state index < -0.39 is 6.23 Å². The van der Waals surface area contributed by atoms with Crippen LogP contribution in [0.2, 0.25) is 0 Å². The van der Waals surface area contributed by atoms with Crippen molar-refractivity contribution in [1.29, 1.82) is 0 Å². The monoisotopic (exact) mass is 458 g/mol. The first-order valence-corrected chi connectivity index (χ1v) is 11.4. The van der Waals surface area contributed by atoms with E-state index >= 15 is 0 Å². The van der Waals surface area contributed by atoms with Crippen molar-refractivity contribution in [3.63, 3.8) is 0 Å². The van der Waals surface area contributed by atoms with Gasteiger partial charge in [-0.1, -0.05) is 60.3 Å². The van der Waals surface area contributed by atoms with E-state index in [1.165, 1.54) is 17.3 Å². The molecule has 2 heterocycles. The number of rotatable bonds is 6. The van der Waals surface area contributed by atoms with Crippen LogP contribution in [-0.2, 0) is 5.75 Å². The third-order valence-corrected chi connectivity index (χ3v) is 6.17. The van der Waals surface area contributed by atoms with Crippen molar-refractivity contribution in [3.8, 4) is 28.6 Å².